The largest absolute Gasteiger partial charge is 0.483 e. The number of ether oxygens (including phenoxy) is 2. The second-order valence-corrected chi connectivity index (χ2v) is 7.52. The van der Waals surface area contributed by atoms with Crippen LogP contribution in [0.3, 0.4) is 0 Å². The van der Waals surface area contributed by atoms with E-state index in [0.717, 1.165) is 24.9 Å². The minimum absolute atomic E-state index is 0.0276. The molecule has 0 bridgehead atoms. The monoisotopic (exact) mass is 380 g/mol. The van der Waals surface area contributed by atoms with Gasteiger partial charge in [0, 0.05) is 38.3 Å². The van der Waals surface area contributed by atoms with Gasteiger partial charge in [-0.1, -0.05) is 11.6 Å². The van der Waals surface area contributed by atoms with Gasteiger partial charge in [-0.25, -0.2) is 0 Å². The standard InChI is InChI=1S/C19H25ClN2O4/c1-14-11-15(20)3-4-16(14)26-12-17(23)22-8-6-19(13-22)5-7-21(18(19)24)9-10-25-2/h3-4,11H,5-10,12-13H2,1-2H3. The minimum Gasteiger partial charge on any atom is -0.483 e. The van der Waals surface area contributed by atoms with Crippen molar-refractivity contribution in [3.8, 4) is 5.75 Å². The molecule has 0 aliphatic carbocycles. The van der Waals surface area contributed by atoms with Crippen molar-refractivity contribution in [2.75, 3.05) is 46.5 Å². The van der Waals surface area contributed by atoms with E-state index in [-0.39, 0.29) is 18.4 Å². The average Bonchev–Trinajstić information content (AvgIpc) is 3.18. The van der Waals surface area contributed by atoms with Crippen LogP contribution in [0.1, 0.15) is 18.4 Å². The molecule has 2 aliphatic heterocycles. The molecule has 6 nitrogen and oxygen atoms in total. The van der Waals surface area contributed by atoms with Crippen LogP contribution in [0.2, 0.25) is 5.02 Å². The van der Waals surface area contributed by atoms with E-state index in [9.17, 15) is 9.59 Å². The lowest BCUT2D eigenvalue weighted by molar-refractivity contribution is -0.137. The highest BCUT2D eigenvalue weighted by Gasteiger charge is 2.51. The van der Waals surface area contributed by atoms with Crippen molar-refractivity contribution in [1.82, 2.24) is 9.80 Å². The van der Waals surface area contributed by atoms with Gasteiger partial charge in [0.15, 0.2) is 6.61 Å². The van der Waals surface area contributed by atoms with Gasteiger partial charge in [0.25, 0.3) is 5.91 Å². The first-order valence-corrected chi connectivity index (χ1v) is 9.28. The minimum atomic E-state index is -0.417. The molecule has 3 rings (SSSR count). The topological polar surface area (TPSA) is 59.1 Å². The average molecular weight is 381 g/mol. The molecule has 1 spiro atoms. The smallest absolute Gasteiger partial charge is 0.260 e. The Balaban J connectivity index is 1.55. The lowest BCUT2D eigenvalue weighted by Crippen LogP contribution is -2.40. The zero-order valence-corrected chi connectivity index (χ0v) is 16.1. The molecule has 2 fully saturated rings. The third-order valence-electron chi connectivity index (χ3n) is 5.36. The van der Waals surface area contributed by atoms with Crippen LogP contribution < -0.4 is 4.74 Å². The van der Waals surface area contributed by atoms with Crippen LogP contribution in [-0.4, -0.2) is 68.1 Å². The van der Waals surface area contributed by atoms with Gasteiger partial charge in [0.1, 0.15) is 5.75 Å². The Labute approximate surface area is 159 Å². The Morgan fingerprint density at radius 2 is 2.08 bits per heavy atom. The SMILES string of the molecule is COCCN1CCC2(CCN(C(=O)COc3ccc(Cl)cc3C)C2)C1=O. The molecule has 0 N–H and O–H groups in total. The number of hydrogen-bond acceptors (Lipinski definition) is 4. The molecule has 7 heteroatoms. The van der Waals surface area contributed by atoms with Crippen LogP contribution in [-0.2, 0) is 14.3 Å². The van der Waals surface area contributed by atoms with Crippen LogP contribution in [0.25, 0.3) is 0 Å². The van der Waals surface area contributed by atoms with Crippen molar-refractivity contribution < 1.29 is 19.1 Å². The first kappa shape index (κ1) is 19.0. The highest BCUT2D eigenvalue weighted by molar-refractivity contribution is 6.30. The fourth-order valence-electron chi connectivity index (χ4n) is 3.78. The summed E-state index contributed by atoms with van der Waals surface area (Å²) in [6, 6.07) is 5.31. The Morgan fingerprint density at radius 3 is 2.81 bits per heavy atom. The first-order chi connectivity index (χ1) is 12.4. The molecule has 26 heavy (non-hydrogen) atoms. The quantitative estimate of drug-likeness (QED) is 0.758. The summed E-state index contributed by atoms with van der Waals surface area (Å²) in [4.78, 5) is 28.9. The lowest BCUT2D eigenvalue weighted by Gasteiger charge is -2.23. The van der Waals surface area contributed by atoms with Gasteiger partial charge in [-0.3, -0.25) is 9.59 Å². The Bertz CT molecular complexity index is 696. The summed E-state index contributed by atoms with van der Waals surface area (Å²) in [6.45, 7) is 4.85. The van der Waals surface area contributed by atoms with E-state index in [0.29, 0.717) is 37.0 Å². The maximum absolute atomic E-state index is 12.7. The molecule has 0 radical (unpaired) electrons. The summed E-state index contributed by atoms with van der Waals surface area (Å²) in [5.41, 5.74) is 0.475. The van der Waals surface area contributed by atoms with Crippen LogP contribution in [0.15, 0.2) is 18.2 Å². The van der Waals surface area contributed by atoms with E-state index in [4.69, 9.17) is 21.1 Å². The van der Waals surface area contributed by atoms with Crippen LogP contribution in [0, 0.1) is 12.3 Å². The second kappa shape index (κ2) is 7.84. The van der Waals surface area contributed by atoms with Crippen LogP contribution >= 0.6 is 11.6 Å². The molecule has 142 valence electrons. The number of methoxy groups -OCH3 is 1. The number of carbonyl (C=O) groups is 2. The van der Waals surface area contributed by atoms with E-state index in [1.54, 1.807) is 30.2 Å². The van der Waals surface area contributed by atoms with Crippen LogP contribution in [0.4, 0.5) is 0 Å². The molecule has 2 amide bonds. The Hall–Kier alpha value is -1.79. The van der Waals surface area contributed by atoms with Gasteiger partial charge in [-0.05, 0) is 43.5 Å². The molecule has 1 aromatic rings. The van der Waals surface area contributed by atoms with E-state index >= 15 is 0 Å². The van der Waals surface area contributed by atoms with E-state index in [1.165, 1.54) is 0 Å². The number of halogens is 1. The number of aryl methyl sites for hydroxylation is 1. The van der Waals surface area contributed by atoms with Gasteiger partial charge in [-0.2, -0.15) is 0 Å². The predicted molar refractivity (Wildman–Crippen MR) is 98.4 cm³/mol. The predicted octanol–water partition coefficient (Wildman–Crippen LogP) is 2.12. The molecule has 1 unspecified atom stereocenters. The fraction of sp³-hybridized carbons (Fsp3) is 0.579. The third-order valence-corrected chi connectivity index (χ3v) is 5.60. The molecule has 2 aliphatic rings. The van der Waals surface area contributed by atoms with E-state index in [1.807, 2.05) is 11.8 Å². The van der Waals surface area contributed by atoms with E-state index < -0.39 is 5.41 Å². The summed E-state index contributed by atoms with van der Waals surface area (Å²) < 4.78 is 10.7. The summed E-state index contributed by atoms with van der Waals surface area (Å²) in [7, 11) is 1.63. The van der Waals surface area contributed by atoms with Gasteiger partial charge >= 0.3 is 0 Å². The number of nitrogens with zero attached hydrogens (tertiary/aromatic N) is 2. The second-order valence-electron chi connectivity index (χ2n) is 7.08. The zero-order chi connectivity index (χ0) is 18.7. The molecule has 0 saturated carbocycles. The van der Waals surface area contributed by atoms with Gasteiger partial charge in [0.05, 0.1) is 12.0 Å². The summed E-state index contributed by atoms with van der Waals surface area (Å²) >= 11 is 5.94. The van der Waals surface area contributed by atoms with Crippen molar-refractivity contribution in [2.24, 2.45) is 5.41 Å². The summed E-state index contributed by atoms with van der Waals surface area (Å²) in [5, 5.41) is 0.639. The van der Waals surface area contributed by atoms with Crippen molar-refractivity contribution in [1.29, 1.82) is 0 Å². The Morgan fingerprint density at radius 1 is 1.31 bits per heavy atom. The van der Waals surface area contributed by atoms with Crippen LogP contribution in [0.5, 0.6) is 5.75 Å². The molecular formula is C19H25ClN2O4. The molecular weight excluding hydrogens is 356 g/mol. The molecule has 1 aromatic carbocycles. The molecule has 0 aromatic heterocycles. The van der Waals surface area contributed by atoms with Crippen molar-refractivity contribution >= 4 is 23.4 Å². The van der Waals surface area contributed by atoms with Crippen molar-refractivity contribution in [3.63, 3.8) is 0 Å². The van der Waals surface area contributed by atoms with Crippen molar-refractivity contribution in [3.05, 3.63) is 28.8 Å². The number of likely N-dealkylation sites (tertiary alicyclic amines) is 2. The van der Waals surface area contributed by atoms with Gasteiger partial charge in [0.2, 0.25) is 5.91 Å². The highest BCUT2D eigenvalue weighted by atomic mass is 35.5. The maximum Gasteiger partial charge on any atom is 0.260 e. The molecule has 2 saturated heterocycles. The molecule has 1 atom stereocenters. The zero-order valence-electron chi connectivity index (χ0n) is 15.3. The first-order valence-electron chi connectivity index (χ1n) is 8.90. The fourth-order valence-corrected chi connectivity index (χ4v) is 4.00. The number of benzene rings is 1. The number of rotatable bonds is 6. The van der Waals surface area contributed by atoms with Gasteiger partial charge < -0.3 is 19.3 Å². The number of hydrogen-bond donors (Lipinski definition) is 0. The number of carbonyl (C=O) groups excluding carboxylic acids is 2. The highest BCUT2D eigenvalue weighted by Crippen LogP contribution is 2.40. The molecule has 2 heterocycles. The van der Waals surface area contributed by atoms with Gasteiger partial charge in [-0.15, -0.1) is 0 Å². The normalized spacial score (nSPS) is 22.5. The summed E-state index contributed by atoms with van der Waals surface area (Å²) in [6.07, 6.45) is 1.53. The maximum atomic E-state index is 12.7. The lowest BCUT2D eigenvalue weighted by atomic mass is 9.85. The third kappa shape index (κ3) is 3.81. The summed E-state index contributed by atoms with van der Waals surface area (Å²) in [5.74, 6) is 0.720. The van der Waals surface area contributed by atoms with Crippen molar-refractivity contribution in [2.45, 2.75) is 19.8 Å². The number of amides is 2. The van der Waals surface area contributed by atoms with E-state index in [2.05, 4.69) is 0 Å². The Kier molecular flexibility index (Phi) is 5.73.